The van der Waals surface area contributed by atoms with Crippen molar-refractivity contribution in [3.63, 3.8) is 0 Å². The molecular formula is C18H18ClNO3S. The van der Waals surface area contributed by atoms with E-state index in [2.05, 4.69) is 30.4 Å². The molecule has 0 bridgehead atoms. The normalized spacial score (nSPS) is 15.8. The first-order chi connectivity index (χ1) is 11.5. The van der Waals surface area contributed by atoms with Crippen LogP contribution in [0.4, 0.5) is 5.69 Å². The minimum atomic E-state index is -0.159. The molecule has 126 valence electrons. The van der Waals surface area contributed by atoms with Crippen LogP contribution in [0.1, 0.15) is 11.1 Å². The average molecular weight is 364 g/mol. The predicted molar refractivity (Wildman–Crippen MR) is 97.7 cm³/mol. The van der Waals surface area contributed by atoms with Crippen molar-refractivity contribution >= 4 is 35.0 Å². The van der Waals surface area contributed by atoms with Crippen LogP contribution in [0.5, 0.6) is 11.5 Å². The fraction of sp³-hybridized carbons (Fsp3) is 0.278. The number of benzene rings is 2. The van der Waals surface area contributed by atoms with E-state index in [1.54, 1.807) is 23.9 Å². The zero-order valence-electron chi connectivity index (χ0n) is 13.7. The molecule has 24 heavy (non-hydrogen) atoms. The summed E-state index contributed by atoms with van der Waals surface area (Å²) in [6, 6.07) is 9.61. The van der Waals surface area contributed by atoms with Crippen LogP contribution in [-0.4, -0.2) is 25.4 Å². The van der Waals surface area contributed by atoms with Gasteiger partial charge in [0.05, 0.1) is 30.2 Å². The molecule has 0 spiro atoms. The molecule has 6 heteroatoms. The number of aryl methyl sites for hydroxylation is 1. The second-order valence-corrected chi connectivity index (χ2v) is 7.25. The number of fused-ring (bicyclic) bond motifs is 1. The highest BCUT2D eigenvalue weighted by molar-refractivity contribution is 8.01. The molecule has 2 aromatic rings. The maximum Gasteiger partial charge on any atom is 0.238 e. The van der Waals surface area contributed by atoms with E-state index in [0.29, 0.717) is 22.2 Å². The molecule has 0 fully saturated rings. The maximum absolute atomic E-state index is 12.7. The van der Waals surface area contributed by atoms with E-state index in [1.165, 1.54) is 30.2 Å². The zero-order chi connectivity index (χ0) is 17.3. The number of rotatable bonds is 4. The van der Waals surface area contributed by atoms with Crippen LogP contribution in [0.2, 0.25) is 5.02 Å². The summed E-state index contributed by atoms with van der Waals surface area (Å²) in [6.45, 7) is 2.05. The van der Waals surface area contributed by atoms with Gasteiger partial charge in [-0.3, -0.25) is 4.79 Å². The molecule has 1 aliphatic rings. The summed E-state index contributed by atoms with van der Waals surface area (Å²) in [5.41, 5.74) is 2.97. The highest BCUT2D eigenvalue weighted by Gasteiger charge is 2.29. The van der Waals surface area contributed by atoms with Gasteiger partial charge in [0.15, 0.2) is 0 Å². The Morgan fingerprint density at radius 2 is 1.96 bits per heavy atom. The van der Waals surface area contributed by atoms with Crippen LogP contribution in [0.3, 0.4) is 0 Å². The molecule has 0 unspecified atom stereocenters. The first-order valence-corrected chi connectivity index (χ1v) is 8.76. The molecule has 0 aliphatic carbocycles. The van der Waals surface area contributed by atoms with Gasteiger partial charge in [0.2, 0.25) is 5.91 Å². The smallest absolute Gasteiger partial charge is 0.238 e. The van der Waals surface area contributed by atoms with Crippen LogP contribution in [0.25, 0.3) is 0 Å². The number of hydrogen-bond donors (Lipinski definition) is 1. The molecule has 0 saturated heterocycles. The number of halogens is 1. The van der Waals surface area contributed by atoms with E-state index in [0.717, 1.165) is 6.42 Å². The van der Waals surface area contributed by atoms with Gasteiger partial charge in [-0.25, -0.2) is 0 Å². The second kappa shape index (κ2) is 6.95. The van der Waals surface area contributed by atoms with Gasteiger partial charge < -0.3 is 14.8 Å². The molecular weight excluding hydrogens is 346 g/mol. The van der Waals surface area contributed by atoms with E-state index >= 15 is 0 Å². The Hall–Kier alpha value is -1.85. The van der Waals surface area contributed by atoms with E-state index in [1.807, 2.05) is 0 Å². The molecule has 0 radical (unpaired) electrons. The molecule has 1 heterocycles. The van der Waals surface area contributed by atoms with Gasteiger partial charge in [-0.1, -0.05) is 29.3 Å². The molecule has 0 aromatic heterocycles. The van der Waals surface area contributed by atoms with Gasteiger partial charge in [0, 0.05) is 17.0 Å². The number of anilines is 1. The summed E-state index contributed by atoms with van der Waals surface area (Å²) in [4.78, 5) is 13.8. The van der Waals surface area contributed by atoms with E-state index < -0.39 is 0 Å². The van der Waals surface area contributed by atoms with Crippen molar-refractivity contribution in [3.05, 3.63) is 46.5 Å². The van der Waals surface area contributed by atoms with Gasteiger partial charge in [0.25, 0.3) is 0 Å². The van der Waals surface area contributed by atoms with Crippen molar-refractivity contribution < 1.29 is 14.3 Å². The molecule has 1 atom stereocenters. The molecule has 2 aromatic carbocycles. The summed E-state index contributed by atoms with van der Waals surface area (Å²) >= 11 is 7.69. The number of amides is 1. The number of thioether (sulfide) groups is 1. The van der Waals surface area contributed by atoms with Crippen molar-refractivity contribution in [3.8, 4) is 11.5 Å². The lowest BCUT2D eigenvalue weighted by Crippen LogP contribution is -2.24. The van der Waals surface area contributed by atoms with Crippen molar-refractivity contribution in [1.82, 2.24) is 0 Å². The average Bonchev–Trinajstić information content (AvgIpc) is 2.99. The van der Waals surface area contributed by atoms with Crippen molar-refractivity contribution in [1.29, 1.82) is 0 Å². The third-order valence-corrected chi connectivity index (χ3v) is 5.52. The van der Waals surface area contributed by atoms with E-state index in [9.17, 15) is 4.79 Å². The number of methoxy groups -OCH3 is 2. The summed E-state index contributed by atoms with van der Waals surface area (Å²) in [5.74, 6) is 0.938. The van der Waals surface area contributed by atoms with Crippen LogP contribution >= 0.6 is 23.4 Å². The van der Waals surface area contributed by atoms with Gasteiger partial charge >= 0.3 is 0 Å². The number of nitrogens with one attached hydrogen (secondary N) is 1. The number of carbonyl (C=O) groups is 1. The van der Waals surface area contributed by atoms with E-state index in [-0.39, 0.29) is 11.2 Å². The quantitative estimate of drug-likeness (QED) is 0.878. The number of ether oxygens (including phenoxy) is 2. The van der Waals surface area contributed by atoms with E-state index in [4.69, 9.17) is 21.1 Å². The molecule has 1 N–H and O–H groups in total. The van der Waals surface area contributed by atoms with Crippen molar-refractivity contribution in [2.45, 2.75) is 23.5 Å². The van der Waals surface area contributed by atoms with Crippen molar-refractivity contribution in [2.24, 2.45) is 0 Å². The Balaban J connectivity index is 1.79. The maximum atomic E-state index is 12.7. The fourth-order valence-electron chi connectivity index (χ4n) is 2.65. The molecule has 4 nitrogen and oxygen atoms in total. The monoisotopic (exact) mass is 363 g/mol. The minimum absolute atomic E-state index is 0.0588. The summed E-state index contributed by atoms with van der Waals surface area (Å²) in [7, 11) is 3.07. The summed E-state index contributed by atoms with van der Waals surface area (Å²) < 4.78 is 10.5. The Morgan fingerprint density at radius 1 is 1.21 bits per heavy atom. The third-order valence-electron chi connectivity index (χ3n) is 3.92. The fourth-order valence-corrected chi connectivity index (χ4v) is 4.18. The molecule has 3 rings (SSSR count). The Bertz CT molecular complexity index is 794. The number of carbonyl (C=O) groups excluding carboxylic acids is 1. The minimum Gasteiger partial charge on any atom is -0.495 e. The lowest BCUT2D eigenvalue weighted by atomic mass is 10.1. The van der Waals surface area contributed by atoms with Crippen LogP contribution in [0, 0.1) is 6.92 Å². The van der Waals surface area contributed by atoms with Gasteiger partial charge in [0.1, 0.15) is 11.5 Å². The first-order valence-electron chi connectivity index (χ1n) is 7.50. The molecule has 1 aliphatic heterocycles. The second-order valence-electron chi connectivity index (χ2n) is 5.60. The highest BCUT2D eigenvalue weighted by atomic mass is 35.5. The largest absolute Gasteiger partial charge is 0.495 e. The SMILES string of the molecule is COc1cc(NC(=O)[C@H]2Cc3ccc(C)cc3S2)c(OC)cc1Cl. The molecule has 0 saturated carbocycles. The Morgan fingerprint density at radius 3 is 2.67 bits per heavy atom. The topological polar surface area (TPSA) is 47.6 Å². The Labute approximate surface area is 150 Å². The lowest BCUT2D eigenvalue weighted by Gasteiger charge is -2.15. The Kier molecular flexibility index (Phi) is 4.92. The summed E-state index contributed by atoms with van der Waals surface area (Å²) in [5, 5.41) is 3.21. The van der Waals surface area contributed by atoms with Crippen molar-refractivity contribution in [2.75, 3.05) is 19.5 Å². The number of hydrogen-bond acceptors (Lipinski definition) is 4. The molecule has 1 amide bonds. The third kappa shape index (κ3) is 3.32. The zero-order valence-corrected chi connectivity index (χ0v) is 15.3. The standard InChI is InChI=1S/C18H18ClNO3S/c1-10-4-5-11-7-17(24-16(11)6-10)18(21)20-13-9-14(22-2)12(19)8-15(13)23-3/h4-6,8-9,17H,7H2,1-3H3,(H,20,21)/t17-/m1/s1. The van der Waals surface area contributed by atoms with Crippen LogP contribution < -0.4 is 14.8 Å². The highest BCUT2D eigenvalue weighted by Crippen LogP contribution is 2.40. The van der Waals surface area contributed by atoms with Crippen LogP contribution in [-0.2, 0) is 11.2 Å². The lowest BCUT2D eigenvalue weighted by molar-refractivity contribution is -0.115. The van der Waals surface area contributed by atoms with Gasteiger partial charge in [-0.2, -0.15) is 0 Å². The van der Waals surface area contributed by atoms with Crippen LogP contribution in [0.15, 0.2) is 35.2 Å². The first kappa shape index (κ1) is 17.0. The van der Waals surface area contributed by atoms with Gasteiger partial charge in [-0.15, -0.1) is 11.8 Å². The predicted octanol–water partition coefficient (Wildman–Crippen LogP) is 4.32. The summed E-state index contributed by atoms with van der Waals surface area (Å²) in [6.07, 6.45) is 0.721. The van der Waals surface area contributed by atoms with Gasteiger partial charge in [-0.05, 0) is 25.0 Å².